The van der Waals surface area contributed by atoms with E-state index in [0.717, 1.165) is 31.9 Å². The summed E-state index contributed by atoms with van der Waals surface area (Å²) in [5, 5.41) is 3.55. The lowest BCUT2D eigenvalue weighted by atomic mass is 10.1. The molecule has 0 aliphatic heterocycles. The summed E-state index contributed by atoms with van der Waals surface area (Å²) in [7, 11) is 1.71. The van der Waals surface area contributed by atoms with Gasteiger partial charge in [-0.25, -0.2) is 0 Å². The summed E-state index contributed by atoms with van der Waals surface area (Å²) in [6.45, 7) is 10.9. The van der Waals surface area contributed by atoms with E-state index in [1.165, 1.54) is 5.56 Å². The number of hydrogen-bond donors (Lipinski definition) is 1. The number of methoxy groups -OCH3 is 1. The number of benzene rings is 1. The summed E-state index contributed by atoms with van der Waals surface area (Å²) in [6, 6.07) is 8.60. The van der Waals surface area contributed by atoms with Gasteiger partial charge in [-0.2, -0.15) is 0 Å². The lowest BCUT2D eigenvalue weighted by molar-refractivity contribution is 0.298. The van der Waals surface area contributed by atoms with E-state index in [2.05, 4.69) is 43.1 Å². The molecule has 18 heavy (non-hydrogen) atoms. The largest absolute Gasteiger partial charge is 0.497 e. The van der Waals surface area contributed by atoms with Gasteiger partial charge in [0.25, 0.3) is 0 Å². The van der Waals surface area contributed by atoms with Crippen molar-refractivity contribution in [2.45, 2.75) is 26.8 Å². The molecule has 1 atom stereocenters. The van der Waals surface area contributed by atoms with Crippen molar-refractivity contribution >= 4 is 0 Å². The number of likely N-dealkylation sites (N-methyl/N-ethyl adjacent to an activating group) is 1. The average Bonchev–Trinajstić information content (AvgIpc) is 2.43. The monoisotopic (exact) mass is 250 g/mol. The van der Waals surface area contributed by atoms with Crippen LogP contribution in [0.4, 0.5) is 0 Å². The molecule has 1 aromatic carbocycles. The van der Waals surface area contributed by atoms with Crippen molar-refractivity contribution in [3.63, 3.8) is 0 Å². The second-order valence-corrected chi connectivity index (χ2v) is 4.48. The third kappa shape index (κ3) is 4.67. The van der Waals surface area contributed by atoms with Crippen LogP contribution >= 0.6 is 0 Å². The van der Waals surface area contributed by atoms with Gasteiger partial charge in [0.05, 0.1) is 7.11 Å². The maximum atomic E-state index is 5.25. The molecule has 1 rings (SSSR count). The van der Waals surface area contributed by atoms with Crippen LogP contribution in [0.5, 0.6) is 5.75 Å². The van der Waals surface area contributed by atoms with Gasteiger partial charge in [-0.15, -0.1) is 0 Å². The van der Waals surface area contributed by atoms with Crippen molar-refractivity contribution in [3.05, 3.63) is 29.8 Å². The predicted octanol–water partition coefficient (Wildman–Crippen LogP) is 2.69. The molecule has 0 heterocycles. The van der Waals surface area contributed by atoms with E-state index < -0.39 is 0 Å². The van der Waals surface area contributed by atoms with E-state index in [-0.39, 0.29) is 0 Å². The molecule has 0 spiro atoms. The van der Waals surface area contributed by atoms with E-state index >= 15 is 0 Å². The van der Waals surface area contributed by atoms with Crippen LogP contribution in [0.2, 0.25) is 0 Å². The molecule has 102 valence electrons. The van der Waals surface area contributed by atoms with Crippen molar-refractivity contribution in [2.24, 2.45) is 0 Å². The third-order valence-electron chi connectivity index (χ3n) is 3.37. The zero-order valence-corrected chi connectivity index (χ0v) is 12.1. The molecule has 0 saturated heterocycles. The van der Waals surface area contributed by atoms with Crippen molar-refractivity contribution in [3.8, 4) is 5.75 Å². The standard InChI is InChI=1S/C15H26N2O/c1-5-17(6-2)11-10-16-13(3)14-8-7-9-15(12-14)18-4/h7-9,12-13,16H,5-6,10-11H2,1-4H3/t13-/m0/s1. The minimum Gasteiger partial charge on any atom is -0.497 e. The first-order valence-corrected chi connectivity index (χ1v) is 6.80. The summed E-state index contributed by atoms with van der Waals surface area (Å²) >= 11 is 0. The molecule has 0 saturated carbocycles. The highest BCUT2D eigenvalue weighted by Gasteiger charge is 2.06. The molecule has 0 aliphatic carbocycles. The molecule has 1 N–H and O–H groups in total. The molecular formula is C15H26N2O. The van der Waals surface area contributed by atoms with Gasteiger partial charge in [0.1, 0.15) is 5.75 Å². The van der Waals surface area contributed by atoms with Crippen LogP contribution in [-0.4, -0.2) is 38.2 Å². The van der Waals surface area contributed by atoms with Crippen LogP contribution in [0, 0.1) is 0 Å². The van der Waals surface area contributed by atoms with Crippen LogP contribution in [0.15, 0.2) is 24.3 Å². The minimum atomic E-state index is 0.357. The molecule has 3 heteroatoms. The van der Waals surface area contributed by atoms with Crippen molar-refractivity contribution in [1.29, 1.82) is 0 Å². The van der Waals surface area contributed by atoms with E-state index in [1.807, 2.05) is 12.1 Å². The third-order valence-corrected chi connectivity index (χ3v) is 3.37. The Kier molecular flexibility index (Phi) is 6.76. The number of nitrogens with one attached hydrogen (secondary N) is 1. The molecule has 0 bridgehead atoms. The summed E-state index contributed by atoms with van der Waals surface area (Å²) in [4.78, 5) is 2.42. The normalized spacial score (nSPS) is 12.7. The average molecular weight is 250 g/mol. The van der Waals surface area contributed by atoms with E-state index in [9.17, 15) is 0 Å². The summed E-state index contributed by atoms with van der Waals surface area (Å²) < 4.78 is 5.25. The van der Waals surface area contributed by atoms with Gasteiger partial charge in [-0.1, -0.05) is 26.0 Å². The van der Waals surface area contributed by atoms with Gasteiger partial charge in [0.15, 0.2) is 0 Å². The number of ether oxygens (including phenoxy) is 1. The summed E-state index contributed by atoms with van der Waals surface area (Å²) in [5.74, 6) is 0.921. The number of hydrogen-bond acceptors (Lipinski definition) is 3. The molecule has 0 fully saturated rings. The quantitative estimate of drug-likeness (QED) is 0.767. The van der Waals surface area contributed by atoms with Gasteiger partial charge in [-0.3, -0.25) is 0 Å². The predicted molar refractivity (Wildman–Crippen MR) is 77.2 cm³/mol. The molecule has 1 aromatic rings. The second-order valence-electron chi connectivity index (χ2n) is 4.48. The summed E-state index contributed by atoms with van der Waals surface area (Å²) in [6.07, 6.45) is 0. The minimum absolute atomic E-state index is 0.357. The van der Waals surface area contributed by atoms with Gasteiger partial charge in [0.2, 0.25) is 0 Å². The zero-order chi connectivity index (χ0) is 13.4. The molecule has 0 amide bonds. The fourth-order valence-corrected chi connectivity index (χ4v) is 2.01. The Bertz CT molecular complexity index is 337. The van der Waals surface area contributed by atoms with E-state index in [4.69, 9.17) is 4.74 Å². The van der Waals surface area contributed by atoms with Crippen molar-refractivity contribution in [1.82, 2.24) is 10.2 Å². The molecule has 0 aromatic heterocycles. The fourth-order valence-electron chi connectivity index (χ4n) is 2.01. The highest BCUT2D eigenvalue weighted by atomic mass is 16.5. The first-order valence-electron chi connectivity index (χ1n) is 6.80. The van der Waals surface area contributed by atoms with Gasteiger partial charge in [0, 0.05) is 19.1 Å². The fraction of sp³-hybridized carbons (Fsp3) is 0.600. The zero-order valence-electron chi connectivity index (χ0n) is 12.1. The number of rotatable bonds is 8. The van der Waals surface area contributed by atoms with E-state index in [1.54, 1.807) is 7.11 Å². The molecule has 0 unspecified atom stereocenters. The lowest BCUT2D eigenvalue weighted by Crippen LogP contribution is -2.33. The first-order chi connectivity index (χ1) is 8.71. The Morgan fingerprint density at radius 2 is 2.00 bits per heavy atom. The van der Waals surface area contributed by atoms with Crippen LogP contribution in [0.1, 0.15) is 32.4 Å². The topological polar surface area (TPSA) is 24.5 Å². The van der Waals surface area contributed by atoms with Gasteiger partial charge >= 0.3 is 0 Å². The smallest absolute Gasteiger partial charge is 0.119 e. The Morgan fingerprint density at radius 3 is 2.61 bits per heavy atom. The van der Waals surface area contributed by atoms with Gasteiger partial charge < -0.3 is 15.0 Å². The lowest BCUT2D eigenvalue weighted by Gasteiger charge is -2.20. The van der Waals surface area contributed by atoms with Crippen LogP contribution in [0.25, 0.3) is 0 Å². The molecule has 0 radical (unpaired) electrons. The molecular weight excluding hydrogens is 224 g/mol. The Morgan fingerprint density at radius 1 is 1.28 bits per heavy atom. The maximum absolute atomic E-state index is 5.25. The van der Waals surface area contributed by atoms with Crippen LogP contribution in [-0.2, 0) is 0 Å². The Labute approximate surface area is 111 Å². The molecule has 3 nitrogen and oxygen atoms in total. The van der Waals surface area contributed by atoms with Gasteiger partial charge in [-0.05, 0) is 37.7 Å². The molecule has 0 aliphatic rings. The summed E-state index contributed by atoms with van der Waals surface area (Å²) in [5.41, 5.74) is 1.27. The van der Waals surface area contributed by atoms with Crippen LogP contribution in [0.3, 0.4) is 0 Å². The van der Waals surface area contributed by atoms with Crippen molar-refractivity contribution in [2.75, 3.05) is 33.3 Å². The highest BCUT2D eigenvalue weighted by molar-refractivity contribution is 5.30. The Balaban J connectivity index is 2.42. The number of nitrogens with zero attached hydrogens (tertiary/aromatic N) is 1. The van der Waals surface area contributed by atoms with Crippen molar-refractivity contribution < 1.29 is 4.74 Å². The SMILES string of the molecule is CCN(CC)CCN[C@@H](C)c1cccc(OC)c1. The first kappa shape index (κ1) is 15.0. The van der Waals surface area contributed by atoms with E-state index in [0.29, 0.717) is 6.04 Å². The second kappa shape index (κ2) is 8.11. The Hall–Kier alpha value is -1.06. The van der Waals surface area contributed by atoms with Crippen LogP contribution < -0.4 is 10.1 Å². The maximum Gasteiger partial charge on any atom is 0.119 e. The highest BCUT2D eigenvalue weighted by Crippen LogP contribution is 2.18.